The number of nitrogens with one attached hydrogen (secondary N) is 1. The van der Waals surface area contributed by atoms with E-state index in [0.717, 1.165) is 48.8 Å². The first kappa shape index (κ1) is 17.4. The monoisotopic (exact) mass is 346 g/mol. The fourth-order valence-corrected chi connectivity index (χ4v) is 3.93. The summed E-state index contributed by atoms with van der Waals surface area (Å²) in [5.41, 5.74) is 1.04. The third-order valence-electron chi connectivity index (χ3n) is 4.82. The summed E-state index contributed by atoms with van der Waals surface area (Å²) < 4.78 is 5.73. The van der Waals surface area contributed by atoms with Crippen LogP contribution in [0.1, 0.15) is 43.3 Å². The first-order valence-electron chi connectivity index (χ1n) is 8.66. The number of hydrogen-bond donors (Lipinski definition) is 2. The molecule has 1 fully saturated rings. The number of ether oxygens (including phenoxy) is 1. The van der Waals surface area contributed by atoms with Gasteiger partial charge in [0, 0.05) is 23.9 Å². The minimum absolute atomic E-state index is 0.00643. The molecule has 4 nitrogen and oxygen atoms in total. The molecule has 1 aliphatic rings. The molecule has 0 bridgehead atoms. The predicted molar refractivity (Wildman–Crippen MR) is 97.2 cm³/mol. The van der Waals surface area contributed by atoms with Gasteiger partial charge in [0.05, 0.1) is 11.8 Å². The number of aliphatic hydroxyl groups excluding tert-OH is 1. The molecule has 2 unspecified atom stereocenters. The van der Waals surface area contributed by atoms with E-state index in [1.54, 1.807) is 11.3 Å². The second-order valence-corrected chi connectivity index (χ2v) is 7.80. The molecule has 2 N–H and O–H groups in total. The number of para-hydroxylation sites is 1. The van der Waals surface area contributed by atoms with Gasteiger partial charge >= 0.3 is 0 Å². The molecule has 2 aromatic rings. The molecule has 1 saturated carbocycles. The summed E-state index contributed by atoms with van der Waals surface area (Å²) in [6.45, 7) is 4.26. The predicted octanol–water partition coefficient (Wildman–Crippen LogP) is 3.75. The number of benzene rings is 1. The van der Waals surface area contributed by atoms with Crippen LogP contribution in [0.4, 0.5) is 0 Å². The van der Waals surface area contributed by atoms with Gasteiger partial charge in [-0.05, 0) is 25.0 Å². The molecule has 0 aliphatic heterocycles. The summed E-state index contributed by atoms with van der Waals surface area (Å²) in [5, 5.41) is 16.8. The zero-order chi connectivity index (χ0) is 16.8. The molecule has 0 spiro atoms. The van der Waals surface area contributed by atoms with Crippen molar-refractivity contribution in [3.05, 3.63) is 46.4 Å². The maximum absolute atomic E-state index is 10.2. The van der Waals surface area contributed by atoms with Crippen LogP contribution in [-0.2, 0) is 13.2 Å². The highest BCUT2D eigenvalue weighted by Gasteiger charge is 2.34. The van der Waals surface area contributed by atoms with Gasteiger partial charge in [-0.25, -0.2) is 4.98 Å². The van der Waals surface area contributed by atoms with Crippen molar-refractivity contribution in [2.24, 2.45) is 5.41 Å². The highest BCUT2D eigenvalue weighted by atomic mass is 32.1. The van der Waals surface area contributed by atoms with Crippen LogP contribution < -0.4 is 10.1 Å². The van der Waals surface area contributed by atoms with Crippen molar-refractivity contribution >= 4 is 11.3 Å². The van der Waals surface area contributed by atoms with Crippen LogP contribution in [-0.4, -0.2) is 22.7 Å². The Kier molecular flexibility index (Phi) is 5.87. The Balaban J connectivity index is 1.44. The van der Waals surface area contributed by atoms with E-state index in [2.05, 4.69) is 22.6 Å². The van der Waals surface area contributed by atoms with Gasteiger partial charge in [0.15, 0.2) is 0 Å². The van der Waals surface area contributed by atoms with Crippen LogP contribution in [0.3, 0.4) is 0 Å². The van der Waals surface area contributed by atoms with E-state index in [1.807, 2.05) is 30.3 Å². The maximum Gasteiger partial charge on any atom is 0.140 e. The highest BCUT2D eigenvalue weighted by Crippen LogP contribution is 2.35. The van der Waals surface area contributed by atoms with Crippen LogP contribution in [0.25, 0.3) is 0 Å². The first-order valence-corrected chi connectivity index (χ1v) is 9.54. The fraction of sp³-hybridized carbons (Fsp3) is 0.526. The Morgan fingerprint density at radius 1 is 1.33 bits per heavy atom. The van der Waals surface area contributed by atoms with Crippen molar-refractivity contribution in [3.63, 3.8) is 0 Å². The highest BCUT2D eigenvalue weighted by molar-refractivity contribution is 7.09. The standard InChI is InChI=1S/C19H26N2O2S/c1-19(10-6-5-9-17(19)22)14-20-11-15-13-24-18(21-15)12-23-16-7-3-2-4-8-16/h2-4,7-8,13,17,20,22H,5-6,9-12,14H2,1H3. The minimum Gasteiger partial charge on any atom is -0.486 e. The van der Waals surface area contributed by atoms with Crippen molar-refractivity contribution in [2.45, 2.75) is 51.9 Å². The number of aromatic nitrogens is 1. The maximum atomic E-state index is 10.2. The second-order valence-electron chi connectivity index (χ2n) is 6.85. The molecule has 24 heavy (non-hydrogen) atoms. The SMILES string of the molecule is CC1(CNCc2csc(COc3ccccc3)n2)CCCCC1O. The molecule has 1 aliphatic carbocycles. The zero-order valence-corrected chi connectivity index (χ0v) is 15.0. The van der Waals surface area contributed by atoms with Crippen molar-refractivity contribution < 1.29 is 9.84 Å². The third kappa shape index (κ3) is 4.56. The quantitative estimate of drug-likeness (QED) is 0.802. The van der Waals surface area contributed by atoms with Crippen LogP contribution in [0, 0.1) is 5.41 Å². The lowest BCUT2D eigenvalue weighted by atomic mass is 9.73. The summed E-state index contributed by atoms with van der Waals surface area (Å²) >= 11 is 1.63. The summed E-state index contributed by atoms with van der Waals surface area (Å²) in [6, 6.07) is 9.81. The Morgan fingerprint density at radius 3 is 2.96 bits per heavy atom. The van der Waals surface area contributed by atoms with E-state index in [9.17, 15) is 5.11 Å². The van der Waals surface area contributed by atoms with Crippen LogP contribution in [0.2, 0.25) is 0 Å². The van der Waals surface area contributed by atoms with Crippen molar-refractivity contribution in [1.29, 1.82) is 0 Å². The van der Waals surface area contributed by atoms with E-state index in [4.69, 9.17) is 4.74 Å². The normalized spacial score (nSPS) is 24.0. The van der Waals surface area contributed by atoms with E-state index >= 15 is 0 Å². The van der Waals surface area contributed by atoms with E-state index < -0.39 is 0 Å². The molecule has 0 amide bonds. The molecule has 130 valence electrons. The first-order chi connectivity index (χ1) is 11.7. The number of rotatable bonds is 7. The molecule has 2 atom stereocenters. The summed E-state index contributed by atoms with van der Waals surface area (Å²) in [6.07, 6.45) is 4.19. The number of thiazole rings is 1. The van der Waals surface area contributed by atoms with Crippen LogP contribution >= 0.6 is 11.3 Å². The van der Waals surface area contributed by atoms with Crippen LogP contribution in [0.5, 0.6) is 5.75 Å². The van der Waals surface area contributed by atoms with Gasteiger partial charge in [0.2, 0.25) is 0 Å². The van der Waals surface area contributed by atoms with Gasteiger partial charge in [-0.2, -0.15) is 0 Å². The Labute approximate surface area is 147 Å². The molecule has 0 radical (unpaired) electrons. The minimum atomic E-state index is -0.191. The molecule has 5 heteroatoms. The molecule has 3 rings (SSSR count). The number of hydrogen-bond acceptors (Lipinski definition) is 5. The van der Waals surface area contributed by atoms with Gasteiger partial charge in [-0.3, -0.25) is 0 Å². The average Bonchev–Trinajstić information content (AvgIpc) is 3.05. The molecule has 1 aromatic heterocycles. The van der Waals surface area contributed by atoms with Crippen molar-refractivity contribution in [2.75, 3.05) is 6.54 Å². The Hall–Kier alpha value is -1.43. The van der Waals surface area contributed by atoms with Gasteiger partial charge in [-0.1, -0.05) is 38.0 Å². The van der Waals surface area contributed by atoms with Gasteiger partial charge in [0.1, 0.15) is 17.4 Å². The largest absolute Gasteiger partial charge is 0.486 e. The van der Waals surface area contributed by atoms with E-state index in [0.29, 0.717) is 6.61 Å². The molecular weight excluding hydrogens is 320 g/mol. The lowest BCUT2D eigenvalue weighted by molar-refractivity contribution is 0.00111. The lowest BCUT2D eigenvalue weighted by Gasteiger charge is -2.38. The Bertz CT molecular complexity index is 631. The summed E-state index contributed by atoms with van der Waals surface area (Å²) in [4.78, 5) is 4.62. The molecule has 1 aromatic carbocycles. The third-order valence-corrected chi connectivity index (χ3v) is 5.69. The van der Waals surface area contributed by atoms with E-state index in [1.165, 1.54) is 6.42 Å². The molecule has 1 heterocycles. The average molecular weight is 346 g/mol. The second kappa shape index (κ2) is 8.10. The smallest absolute Gasteiger partial charge is 0.140 e. The summed E-state index contributed by atoms with van der Waals surface area (Å²) in [7, 11) is 0. The Morgan fingerprint density at radius 2 is 2.17 bits per heavy atom. The van der Waals surface area contributed by atoms with E-state index in [-0.39, 0.29) is 11.5 Å². The van der Waals surface area contributed by atoms with Gasteiger partial charge in [-0.15, -0.1) is 11.3 Å². The lowest BCUT2D eigenvalue weighted by Crippen LogP contribution is -2.43. The molecular formula is C19H26N2O2S. The number of nitrogens with zero attached hydrogens (tertiary/aromatic N) is 1. The fourth-order valence-electron chi connectivity index (χ4n) is 3.22. The van der Waals surface area contributed by atoms with Gasteiger partial charge < -0.3 is 15.2 Å². The summed E-state index contributed by atoms with van der Waals surface area (Å²) in [5.74, 6) is 0.867. The topological polar surface area (TPSA) is 54.4 Å². The number of aliphatic hydroxyl groups is 1. The van der Waals surface area contributed by atoms with Gasteiger partial charge in [0.25, 0.3) is 0 Å². The van der Waals surface area contributed by atoms with Crippen LogP contribution in [0.15, 0.2) is 35.7 Å². The van der Waals surface area contributed by atoms with Crippen molar-refractivity contribution in [3.8, 4) is 5.75 Å². The zero-order valence-electron chi connectivity index (χ0n) is 14.2. The molecule has 0 saturated heterocycles. The van der Waals surface area contributed by atoms with Crippen molar-refractivity contribution in [1.82, 2.24) is 10.3 Å².